The van der Waals surface area contributed by atoms with Gasteiger partial charge < -0.3 is 9.53 Å². The Morgan fingerprint density at radius 3 is 2.69 bits per heavy atom. The summed E-state index contributed by atoms with van der Waals surface area (Å²) in [6, 6.07) is 2.65. The smallest absolute Gasteiger partial charge is 0.320 e. The van der Waals surface area contributed by atoms with Gasteiger partial charge in [0.25, 0.3) is 0 Å². The van der Waals surface area contributed by atoms with Crippen LogP contribution < -0.4 is 0 Å². The molecule has 0 spiro atoms. The van der Waals surface area contributed by atoms with E-state index < -0.39 is 23.5 Å². The second-order valence-corrected chi connectivity index (χ2v) is 3.03. The van der Waals surface area contributed by atoms with Gasteiger partial charge in [0.2, 0.25) is 0 Å². The van der Waals surface area contributed by atoms with Crippen molar-refractivity contribution in [3.63, 3.8) is 0 Å². The Labute approximate surface area is 91.0 Å². The highest BCUT2D eigenvalue weighted by Crippen LogP contribution is 2.19. The SMILES string of the molecule is CCOC(=O)C(C=O)c1ccc(F)cc1F. The fourth-order valence-corrected chi connectivity index (χ4v) is 1.24. The van der Waals surface area contributed by atoms with Crippen LogP contribution in [0.1, 0.15) is 18.4 Å². The van der Waals surface area contributed by atoms with Crippen LogP contribution in [0.25, 0.3) is 0 Å². The minimum absolute atomic E-state index is 0.0893. The minimum Gasteiger partial charge on any atom is -0.465 e. The third kappa shape index (κ3) is 2.62. The molecule has 1 rings (SSSR count). The number of benzene rings is 1. The average molecular weight is 228 g/mol. The van der Waals surface area contributed by atoms with Gasteiger partial charge >= 0.3 is 5.97 Å². The molecule has 0 bridgehead atoms. The van der Waals surface area contributed by atoms with Crippen molar-refractivity contribution in [3.05, 3.63) is 35.4 Å². The fraction of sp³-hybridized carbons (Fsp3) is 0.273. The Kier molecular flexibility index (Phi) is 4.10. The molecule has 1 aromatic carbocycles. The quantitative estimate of drug-likeness (QED) is 0.448. The number of halogens is 2. The summed E-state index contributed by atoms with van der Waals surface area (Å²) in [5.41, 5.74) is -0.185. The lowest BCUT2D eigenvalue weighted by Gasteiger charge is -2.10. The molecule has 86 valence electrons. The molecule has 16 heavy (non-hydrogen) atoms. The molecule has 1 atom stereocenters. The van der Waals surface area contributed by atoms with Crippen LogP contribution in [0.2, 0.25) is 0 Å². The predicted molar refractivity (Wildman–Crippen MR) is 51.8 cm³/mol. The number of aldehydes is 1. The number of hydrogen-bond donors (Lipinski definition) is 0. The van der Waals surface area contributed by atoms with Crippen molar-refractivity contribution >= 4 is 12.3 Å². The van der Waals surface area contributed by atoms with E-state index in [1.807, 2.05) is 0 Å². The van der Waals surface area contributed by atoms with Gasteiger partial charge in [-0.15, -0.1) is 0 Å². The zero-order chi connectivity index (χ0) is 12.1. The van der Waals surface area contributed by atoms with Gasteiger partial charge in [-0.1, -0.05) is 6.07 Å². The molecule has 5 heteroatoms. The number of rotatable bonds is 4. The maximum atomic E-state index is 13.3. The van der Waals surface area contributed by atoms with Crippen LogP contribution in [0, 0.1) is 11.6 Å². The molecule has 0 aliphatic heterocycles. The highest BCUT2D eigenvalue weighted by atomic mass is 19.1. The number of carbonyl (C=O) groups excluding carboxylic acids is 2. The van der Waals surface area contributed by atoms with Crippen LogP contribution in [-0.4, -0.2) is 18.9 Å². The largest absolute Gasteiger partial charge is 0.465 e. The summed E-state index contributed by atoms with van der Waals surface area (Å²) >= 11 is 0. The van der Waals surface area contributed by atoms with E-state index in [1.165, 1.54) is 0 Å². The first-order chi connectivity index (χ1) is 7.60. The molecule has 3 nitrogen and oxygen atoms in total. The van der Waals surface area contributed by atoms with Gasteiger partial charge in [0, 0.05) is 11.6 Å². The van der Waals surface area contributed by atoms with Crippen LogP contribution in [0.15, 0.2) is 18.2 Å². The van der Waals surface area contributed by atoms with Gasteiger partial charge in [0.05, 0.1) is 6.61 Å². The van der Waals surface area contributed by atoms with Crippen molar-refractivity contribution < 1.29 is 23.1 Å². The lowest BCUT2D eigenvalue weighted by molar-refractivity contribution is -0.146. The van der Waals surface area contributed by atoms with E-state index in [0.717, 1.165) is 12.1 Å². The molecular weight excluding hydrogens is 218 g/mol. The molecule has 1 aromatic rings. The molecular formula is C11H10F2O3. The Morgan fingerprint density at radius 2 is 2.19 bits per heavy atom. The first kappa shape index (κ1) is 12.3. The van der Waals surface area contributed by atoms with E-state index >= 15 is 0 Å². The van der Waals surface area contributed by atoms with E-state index in [-0.39, 0.29) is 18.5 Å². The number of hydrogen-bond acceptors (Lipinski definition) is 3. The first-order valence-electron chi connectivity index (χ1n) is 4.67. The Morgan fingerprint density at radius 1 is 1.50 bits per heavy atom. The Balaban J connectivity index is 3.04. The van der Waals surface area contributed by atoms with E-state index in [9.17, 15) is 18.4 Å². The number of esters is 1. The maximum Gasteiger partial charge on any atom is 0.320 e. The summed E-state index contributed by atoms with van der Waals surface area (Å²) in [6.45, 7) is 1.66. The lowest BCUT2D eigenvalue weighted by Crippen LogP contribution is -2.18. The monoisotopic (exact) mass is 228 g/mol. The van der Waals surface area contributed by atoms with Crippen molar-refractivity contribution in [2.24, 2.45) is 0 Å². The van der Waals surface area contributed by atoms with Crippen molar-refractivity contribution in [1.29, 1.82) is 0 Å². The van der Waals surface area contributed by atoms with Gasteiger partial charge in [-0.25, -0.2) is 8.78 Å². The molecule has 0 radical (unpaired) electrons. The van der Waals surface area contributed by atoms with Crippen molar-refractivity contribution in [3.8, 4) is 0 Å². The van der Waals surface area contributed by atoms with Gasteiger partial charge in [-0.3, -0.25) is 4.79 Å². The molecule has 0 fully saturated rings. The van der Waals surface area contributed by atoms with E-state index in [2.05, 4.69) is 4.74 Å². The van der Waals surface area contributed by atoms with Crippen LogP contribution in [0.5, 0.6) is 0 Å². The fourth-order valence-electron chi connectivity index (χ4n) is 1.24. The highest BCUT2D eigenvalue weighted by molar-refractivity contribution is 5.94. The predicted octanol–water partition coefficient (Wildman–Crippen LogP) is 1.81. The zero-order valence-corrected chi connectivity index (χ0v) is 8.57. The third-order valence-electron chi connectivity index (χ3n) is 1.97. The summed E-state index contributed by atoms with van der Waals surface area (Å²) in [7, 11) is 0. The molecule has 0 aromatic heterocycles. The molecule has 0 aliphatic rings. The second kappa shape index (κ2) is 5.34. The zero-order valence-electron chi connectivity index (χ0n) is 8.57. The van der Waals surface area contributed by atoms with Gasteiger partial charge in [-0.05, 0) is 13.0 Å². The molecule has 0 N–H and O–H groups in total. The van der Waals surface area contributed by atoms with Crippen molar-refractivity contribution in [2.45, 2.75) is 12.8 Å². The third-order valence-corrected chi connectivity index (χ3v) is 1.97. The van der Waals surface area contributed by atoms with Crippen LogP contribution in [0.4, 0.5) is 8.78 Å². The van der Waals surface area contributed by atoms with Gasteiger partial charge in [0.1, 0.15) is 23.8 Å². The summed E-state index contributed by atoms with van der Waals surface area (Å²) in [4.78, 5) is 22.0. The van der Waals surface area contributed by atoms with Crippen molar-refractivity contribution in [2.75, 3.05) is 6.61 Å². The van der Waals surface area contributed by atoms with Crippen molar-refractivity contribution in [1.82, 2.24) is 0 Å². The summed E-state index contributed by atoms with van der Waals surface area (Å²) in [5, 5.41) is 0. The number of carbonyl (C=O) groups is 2. The van der Waals surface area contributed by atoms with E-state index in [0.29, 0.717) is 6.07 Å². The molecule has 0 saturated heterocycles. The van der Waals surface area contributed by atoms with E-state index in [4.69, 9.17) is 0 Å². The second-order valence-electron chi connectivity index (χ2n) is 3.03. The average Bonchev–Trinajstić information content (AvgIpc) is 2.22. The van der Waals surface area contributed by atoms with Crippen LogP contribution >= 0.6 is 0 Å². The topological polar surface area (TPSA) is 43.4 Å². The molecule has 0 heterocycles. The molecule has 0 aliphatic carbocycles. The van der Waals surface area contributed by atoms with E-state index in [1.54, 1.807) is 6.92 Å². The molecule has 0 amide bonds. The number of ether oxygens (including phenoxy) is 1. The summed E-state index contributed by atoms with van der Waals surface area (Å²) in [6.07, 6.45) is 0.272. The standard InChI is InChI=1S/C11H10F2O3/c1-2-16-11(15)9(6-14)8-4-3-7(12)5-10(8)13/h3-6,9H,2H2,1H3. The Hall–Kier alpha value is -1.78. The normalized spacial score (nSPS) is 11.9. The highest BCUT2D eigenvalue weighted by Gasteiger charge is 2.24. The molecule has 0 saturated carbocycles. The maximum absolute atomic E-state index is 13.3. The lowest BCUT2D eigenvalue weighted by atomic mass is 10.0. The molecule has 1 unspecified atom stereocenters. The summed E-state index contributed by atoms with van der Waals surface area (Å²) < 4.78 is 30.5. The van der Waals surface area contributed by atoms with Crippen LogP contribution in [-0.2, 0) is 14.3 Å². The minimum atomic E-state index is -1.35. The van der Waals surface area contributed by atoms with Gasteiger partial charge in [0.15, 0.2) is 0 Å². The summed E-state index contributed by atoms with van der Waals surface area (Å²) in [5.74, 6) is -3.90. The van der Waals surface area contributed by atoms with Gasteiger partial charge in [-0.2, -0.15) is 0 Å². The first-order valence-corrected chi connectivity index (χ1v) is 4.67. The van der Waals surface area contributed by atoms with Crippen LogP contribution in [0.3, 0.4) is 0 Å². The Bertz CT molecular complexity index is 404.